The average molecular weight is 250 g/mol. The van der Waals surface area contributed by atoms with Crippen LogP contribution in [0.15, 0.2) is 24.3 Å². The Morgan fingerprint density at radius 1 is 1.06 bits per heavy atom. The fraction of sp³-hybridized carbons (Fsp3) is 0.625. The van der Waals surface area contributed by atoms with Crippen LogP contribution in [-0.2, 0) is 0 Å². The normalized spacial score (nSPS) is 12.4. The number of unbranched alkanes of at least 4 members (excludes halogenated alkanes) is 5. The van der Waals surface area contributed by atoms with Crippen LogP contribution in [0.2, 0.25) is 0 Å². The Morgan fingerprint density at radius 3 is 2.44 bits per heavy atom. The second kappa shape index (κ2) is 8.98. The van der Waals surface area contributed by atoms with Crippen molar-refractivity contribution in [3.05, 3.63) is 29.8 Å². The molecule has 0 aliphatic heterocycles. The minimum absolute atomic E-state index is 0.467. The lowest BCUT2D eigenvalue weighted by molar-refractivity contribution is 0.190. The number of hydrogen-bond donors (Lipinski definition) is 1. The highest BCUT2D eigenvalue weighted by Gasteiger charge is 2.07. The molecule has 1 N–H and O–H groups in total. The summed E-state index contributed by atoms with van der Waals surface area (Å²) in [7, 11) is 0. The first kappa shape index (κ1) is 15.0. The van der Waals surface area contributed by atoms with Gasteiger partial charge in [0.05, 0.1) is 12.7 Å². The van der Waals surface area contributed by atoms with E-state index < -0.39 is 6.10 Å². The first-order chi connectivity index (χ1) is 8.75. The maximum absolute atomic E-state index is 9.62. The summed E-state index contributed by atoms with van der Waals surface area (Å²) in [5, 5.41) is 9.62. The molecular formula is C16H26O2. The van der Waals surface area contributed by atoms with Gasteiger partial charge in [0.15, 0.2) is 0 Å². The molecular weight excluding hydrogens is 224 g/mol. The molecule has 1 rings (SSSR count). The van der Waals surface area contributed by atoms with Crippen molar-refractivity contribution in [1.82, 2.24) is 0 Å². The van der Waals surface area contributed by atoms with Gasteiger partial charge in [-0.3, -0.25) is 0 Å². The molecule has 0 fully saturated rings. The smallest absolute Gasteiger partial charge is 0.125 e. The third-order valence-electron chi connectivity index (χ3n) is 3.12. The largest absolute Gasteiger partial charge is 0.493 e. The summed E-state index contributed by atoms with van der Waals surface area (Å²) in [5.74, 6) is 0.820. The first-order valence-electron chi connectivity index (χ1n) is 7.15. The van der Waals surface area contributed by atoms with E-state index >= 15 is 0 Å². The zero-order valence-electron chi connectivity index (χ0n) is 11.7. The molecule has 0 bridgehead atoms. The third kappa shape index (κ3) is 5.54. The van der Waals surface area contributed by atoms with Gasteiger partial charge in [0, 0.05) is 5.56 Å². The van der Waals surface area contributed by atoms with Crippen molar-refractivity contribution in [2.24, 2.45) is 0 Å². The average Bonchev–Trinajstić information content (AvgIpc) is 2.38. The minimum Gasteiger partial charge on any atom is -0.493 e. The van der Waals surface area contributed by atoms with E-state index in [2.05, 4.69) is 6.92 Å². The van der Waals surface area contributed by atoms with Gasteiger partial charge < -0.3 is 9.84 Å². The summed E-state index contributed by atoms with van der Waals surface area (Å²) in [4.78, 5) is 0. The molecule has 0 unspecified atom stereocenters. The van der Waals surface area contributed by atoms with Crippen LogP contribution in [0, 0.1) is 0 Å². The van der Waals surface area contributed by atoms with Crippen molar-refractivity contribution >= 4 is 0 Å². The predicted molar refractivity (Wildman–Crippen MR) is 75.9 cm³/mol. The van der Waals surface area contributed by atoms with Gasteiger partial charge in [-0.25, -0.2) is 0 Å². The van der Waals surface area contributed by atoms with Gasteiger partial charge in [0.25, 0.3) is 0 Å². The van der Waals surface area contributed by atoms with E-state index in [9.17, 15) is 5.11 Å². The highest BCUT2D eigenvalue weighted by molar-refractivity contribution is 5.34. The van der Waals surface area contributed by atoms with Gasteiger partial charge >= 0.3 is 0 Å². The second-order valence-electron chi connectivity index (χ2n) is 4.83. The summed E-state index contributed by atoms with van der Waals surface area (Å²) in [6, 6.07) is 7.72. The highest BCUT2D eigenvalue weighted by Crippen LogP contribution is 2.24. The lowest BCUT2D eigenvalue weighted by Gasteiger charge is -2.13. The van der Waals surface area contributed by atoms with E-state index in [0.29, 0.717) is 0 Å². The number of rotatable bonds is 9. The van der Waals surface area contributed by atoms with Gasteiger partial charge in [-0.1, -0.05) is 57.2 Å². The second-order valence-corrected chi connectivity index (χ2v) is 4.83. The Morgan fingerprint density at radius 2 is 1.72 bits per heavy atom. The Bertz CT molecular complexity index is 321. The summed E-state index contributed by atoms with van der Waals surface area (Å²) >= 11 is 0. The zero-order chi connectivity index (χ0) is 13.2. The first-order valence-corrected chi connectivity index (χ1v) is 7.15. The summed E-state index contributed by atoms with van der Waals surface area (Å²) < 4.78 is 5.74. The van der Waals surface area contributed by atoms with E-state index in [1.807, 2.05) is 24.3 Å². The van der Waals surface area contributed by atoms with Crippen LogP contribution in [0.3, 0.4) is 0 Å². The summed E-state index contributed by atoms with van der Waals surface area (Å²) in [5.41, 5.74) is 0.878. The number of para-hydroxylation sites is 1. The molecule has 0 aromatic heterocycles. The molecule has 1 aromatic carbocycles. The topological polar surface area (TPSA) is 29.5 Å². The molecule has 2 heteroatoms. The highest BCUT2D eigenvalue weighted by atomic mass is 16.5. The van der Waals surface area contributed by atoms with Crippen LogP contribution in [0.4, 0.5) is 0 Å². The molecule has 0 aliphatic carbocycles. The number of hydrogen-bond acceptors (Lipinski definition) is 2. The Kier molecular flexibility index (Phi) is 7.51. The van der Waals surface area contributed by atoms with Crippen molar-refractivity contribution in [2.75, 3.05) is 6.61 Å². The van der Waals surface area contributed by atoms with Crippen molar-refractivity contribution in [2.45, 2.75) is 58.5 Å². The standard InChI is InChI=1S/C16H26O2/c1-3-4-5-6-7-10-13-18-16-12-9-8-11-15(16)14(2)17/h8-9,11-12,14,17H,3-7,10,13H2,1-2H3/t14-/m1/s1. The fourth-order valence-electron chi connectivity index (χ4n) is 2.02. The quantitative estimate of drug-likeness (QED) is 0.655. The van der Waals surface area contributed by atoms with E-state index in [1.54, 1.807) is 6.92 Å². The monoisotopic (exact) mass is 250 g/mol. The molecule has 0 aliphatic rings. The number of aliphatic hydroxyl groups is 1. The molecule has 0 radical (unpaired) electrons. The molecule has 18 heavy (non-hydrogen) atoms. The Hall–Kier alpha value is -1.02. The summed E-state index contributed by atoms with van der Waals surface area (Å²) in [6.07, 6.45) is 7.13. The number of benzene rings is 1. The zero-order valence-corrected chi connectivity index (χ0v) is 11.7. The van der Waals surface area contributed by atoms with Crippen LogP contribution in [0.25, 0.3) is 0 Å². The van der Waals surface area contributed by atoms with Crippen LogP contribution < -0.4 is 4.74 Å². The maximum atomic E-state index is 9.62. The Labute approximate surface area is 111 Å². The molecule has 0 saturated carbocycles. The van der Waals surface area contributed by atoms with E-state index in [0.717, 1.165) is 24.3 Å². The molecule has 1 aromatic rings. The van der Waals surface area contributed by atoms with E-state index in [-0.39, 0.29) is 0 Å². The van der Waals surface area contributed by atoms with Crippen LogP contribution in [0.5, 0.6) is 5.75 Å². The molecule has 0 spiro atoms. The molecule has 2 nitrogen and oxygen atoms in total. The van der Waals surface area contributed by atoms with Gasteiger partial charge in [0.2, 0.25) is 0 Å². The van der Waals surface area contributed by atoms with Gasteiger partial charge in [-0.2, -0.15) is 0 Å². The molecule has 102 valence electrons. The van der Waals surface area contributed by atoms with Gasteiger partial charge in [-0.15, -0.1) is 0 Å². The van der Waals surface area contributed by atoms with Crippen molar-refractivity contribution in [1.29, 1.82) is 0 Å². The molecule has 0 amide bonds. The Balaban J connectivity index is 2.23. The number of aliphatic hydroxyl groups excluding tert-OH is 1. The van der Waals surface area contributed by atoms with Crippen molar-refractivity contribution in [3.63, 3.8) is 0 Å². The van der Waals surface area contributed by atoms with Crippen molar-refractivity contribution in [3.8, 4) is 5.75 Å². The van der Waals surface area contributed by atoms with Gasteiger partial charge in [0.1, 0.15) is 5.75 Å². The summed E-state index contributed by atoms with van der Waals surface area (Å²) in [6.45, 7) is 4.75. The van der Waals surface area contributed by atoms with Crippen molar-refractivity contribution < 1.29 is 9.84 Å². The van der Waals surface area contributed by atoms with Crippen LogP contribution >= 0.6 is 0 Å². The fourth-order valence-corrected chi connectivity index (χ4v) is 2.02. The number of ether oxygens (including phenoxy) is 1. The van der Waals surface area contributed by atoms with Crippen LogP contribution in [-0.4, -0.2) is 11.7 Å². The van der Waals surface area contributed by atoms with E-state index in [1.165, 1.54) is 32.1 Å². The SMILES string of the molecule is CCCCCCCCOc1ccccc1[C@@H](C)O. The molecule has 1 atom stereocenters. The van der Waals surface area contributed by atoms with Crippen LogP contribution in [0.1, 0.15) is 64.0 Å². The van der Waals surface area contributed by atoms with Gasteiger partial charge in [-0.05, 0) is 19.4 Å². The van der Waals surface area contributed by atoms with E-state index in [4.69, 9.17) is 4.74 Å². The molecule has 0 heterocycles. The predicted octanol–water partition coefficient (Wildman–Crippen LogP) is 4.48. The lowest BCUT2D eigenvalue weighted by atomic mass is 10.1. The molecule has 0 saturated heterocycles. The maximum Gasteiger partial charge on any atom is 0.125 e. The third-order valence-corrected chi connectivity index (χ3v) is 3.12. The minimum atomic E-state index is -0.467. The lowest BCUT2D eigenvalue weighted by Crippen LogP contribution is -2.02.